The molecule has 140 valence electrons. The van der Waals surface area contributed by atoms with Crippen molar-refractivity contribution in [1.82, 2.24) is 4.90 Å². The number of benzene rings is 1. The van der Waals surface area contributed by atoms with Crippen LogP contribution in [0.2, 0.25) is 5.02 Å². The highest BCUT2D eigenvalue weighted by Crippen LogP contribution is 2.38. The number of hydrogen-bond donors (Lipinski definition) is 0. The summed E-state index contributed by atoms with van der Waals surface area (Å²) in [5.41, 5.74) is -0.446. The SMILES string of the molecule is CC(C)(C)CN(CC(F)(F)F)C(=O)c1cc(Cl)c2c(c1)OCCCO2. The van der Waals surface area contributed by atoms with Gasteiger partial charge in [-0.05, 0) is 17.5 Å². The zero-order valence-corrected chi connectivity index (χ0v) is 15.1. The van der Waals surface area contributed by atoms with Gasteiger partial charge in [0.2, 0.25) is 0 Å². The van der Waals surface area contributed by atoms with Crippen LogP contribution in [0.15, 0.2) is 12.1 Å². The number of alkyl halides is 3. The maximum atomic E-state index is 12.9. The van der Waals surface area contributed by atoms with E-state index in [1.807, 2.05) is 0 Å². The molecule has 0 N–H and O–H groups in total. The Bertz CT molecular complexity index is 625. The minimum absolute atomic E-state index is 0.0442. The summed E-state index contributed by atoms with van der Waals surface area (Å²) in [7, 11) is 0. The molecule has 1 aliphatic heterocycles. The average molecular weight is 380 g/mol. The number of nitrogens with zero attached hydrogens (tertiary/aromatic N) is 1. The summed E-state index contributed by atoms with van der Waals surface area (Å²) in [4.78, 5) is 13.5. The molecule has 25 heavy (non-hydrogen) atoms. The molecule has 1 aromatic carbocycles. The minimum atomic E-state index is -4.49. The molecule has 0 spiro atoms. The largest absolute Gasteiger partial charge is 0.489 e. The van der Waals surface area contributed by atoms with Gasteiger partial charge in [-0.1, -0.05) is 32.4 Å². The number of fused-ring (bicyclic) bond motifs is 1. The Morgan fingerprint density at radius 1 is 1.16 bits per heavy atom. The summed E-state index contributed by atoms with van der Waals surface area (Å²) in [6, 6.07) is 2.71. The maximum absolute atomic E-state index is 12.9. The summed E-state index contributed by atoms with van der Waals surface area (Å²) >= 11 is 6.14. The molecular weight excluding hydrogens is 359 g/mol. The van der Waals surface area contributed by atoms with E-state index in [2.05, 4.69) is 0 Å². The number of hydrogen-bond acceptors (Lipinski definition) is 3. The van der Waals surface area contributed by atoms with Gasteiger partial charge in [-0.25, -0.2) is 0 Å². The fourth-order valence-corrected chi connectivity index (χ4v) is 2.79. The molecule has 0 atom stereocenters. The Morgan fingerprint density at radius 2 is 1.80 bits per heavy atom. The Kier molecular flexibility index (Phi) is 5.76. The normalized spacial score (nSPS) is 14.8. The highest BCUT2D eigenvalue weighted by molar-refractivity contribution is 6.32. The lowest BCUT2D eigenvalue weighted by molar-refractivity contribution is -0.142. The second-order valence-electron chi connectivity index (χ2n) is 7.17. The standard InChI is InChI=1S/C17H21ClF3NO3/c1-16(2,3)9-22(10-17(19,20)21)15(23)11-7-12(18)14-13(8-11)24-5-4-6-25-14/h7-8H,4-6,9-10H2,1-3H3. The van der Waals surface area contributed by atoms with Crippen LogP contribution in [0, 0.1) is 5.41 Å². The number of carbonyl (C=O) groups is 1. The first-order valence-electron chi connectivity index (χ1n) is 7.91. The quantitative estimate of drug-likeness (QED) is 0.773. The Morgan fingerprint density at radius 3 is 2.40 bits per heavy atom. The second-order valence-corrected chi connectivity index (χ2v) is 7.58. The molecule has 1 aliphatic rings. The summed E-state index contributed by atoms with van der Waals surface area (Å²) in [5.74, 6) is -0.158. The van der Waals surface area contributed by atoms with Gasteiger partial charge in [-0.3, -0.25) is 4.79 Å². The van der Waals surface area contributed by atoms with Crippen molar-refractivity contribution in [2.24, 2.45) is 5.41 Å². The molecule has 0 aromatic heterocycles. The van der Waals surface area contributed by atoms with Crippen LogP contribution in [0.4, 0.5) is 13.2 Å². The van der Waals surface area contributed by atoms with Crippen molar-refractivity contribution in [2.45, 2.75) is 33.4 Å². The first kappa shape index (κ1) is 19.7. The molecule has 1 aromatic rings. The molecule has 2 rings (SSSR count). The zero-order chi connectivity index (χ0) is 18.8. The minimum Gasteiger partial charge on any atom is -0.489 e. The summed E-state index contributed by atoms with van der Waals surface area (Å²) in [6.45, 7) is 4.74. The van der Waals surface area contributed by atoms with Crippen molar-refractivity contribution in [1.29, 1.82) is 0 Å². The fraction of sp³-hybridized carbons (Fsp3) is 0.588. The van der Waals surface area contributed by atoms with Crippen LogP contribution in [0.25, 0.3) is 0 Å². The van der Waals surface area contributed by atoms with Crippen molar-refractivity contribution < 1.29 is 27.4 Å². The van der Waals surface area contributed by atoms with Gasteiger partial charge >= 0.3 is 6.18 Å². The van der Waals surface area contributed by atoms with Gasteiger partial charge in [0.05, 0.1) is 18.2 Å². The van der Waals surface area contributed by atoms with Gasteiger partial charge in [0.15, 0.2) is 11.5 Å². The van der Waals surface area contributed by atoms with Crippen molar-refractivity contribution in [3.05, 3.63) is 22.7 Å². The van der Waals surface area contributed by atoms with E-state index in [1.54, 1.807) is 20.8 Å². The number of halogens is 4. The van der Waals surface area contributed by atoms with E-state index in [9.17, 15) is 18.0 Å². The van der Waals surface area contributed by atoms with Gasteiger partial charge in [0.1, 0.15) is 6.54 Å². The summed E-state index contributed by atoms with van der Waals surface area (Å²) in [5, 5.41) is 0.144. The highest BCUT2D eigenvalue weighted by atomic mass is 35.5. The van der Waals surface area contributed by atoms with Gasteiger partial charge in [-0.2, -0.15) is 13.2 Å². The number of ether oxygens (including phenoxy) is 2. The summed E-state index contributed by atoms with van der Waals surface area (Å²) in [6.07, 6.45) is -3.84. The smallest absolute Gasteiger partial charge is 0.406 e. The molecule has 0 radical (unpaired) electrons. The van der Waals surface area contributed by atoms with E-state index >= 15 is 0 Å². The molecule has 1 heterocycles. The van der Waals surface area contributed by atoms with Crippen molar-refractivity contribution in [3.63, 3.8) is 0 Å². The van der Waals surface area contributed by atoms with Crippen LogP contribution >= 0.6 is 11.6 Å². The molecule has 1 amide bonds. The van der Waals surface area contributed by atoms with Crippen LogP contribution < -0.4 is 9.47 Å². The number of rotatable bonds is 3. The van der Waals surface area contributed by atoms with Crippen LogP contribution in [-0.2, 0) is 0 Å². The number of carbonyl (C=O) groups excluding carboxylic acids is 1. The van der Waals surface area contributed by atoms with Crippen molar-refractivity contribution >= 4 is 17.5 Å². The predicted octanol–water partition coefficient (Wildman–Crippen LogP) is 4.55. The van der Waals surface area contributed by atoms with E-state index in [0.29, 0.717) is 25.4 Å². The lowest BCUT2D eigenvalue weighted by Gasteiger charge is -2.31. The second kappa shape index (κ2) is 7.32. The molecular formula is C17H21ClF3NO3. The van der Waals surface area contributed by atoms with E-state index in [-0.39, 0.29) is 22.9 Å². The molecule has 0 fully saturated rings. The molecule has 4 nitrogen and oxygen atoms in total. The van der Waals surface area contributed by atoms with Crippen LogP contribution in [-0.4, -0.2) is 43.3 Å². The molecule has 0 aliphatic carbocycles. The molecule has 0 saturated heterocycles. The van der Waals surface area contributed by atoms with Crippen molar-refractivity contribution in [2.75, 3.05) is 26.3 Å². The Hall–Kier alpha value is -1.63. The fourth-order valence-electron chi connectivity index (χ4n) is 2.53. The molecule has 0 saturated carbocycles. The van der Waals surface area contributed by atoms with Gasteiger partial charge in [0.25, 0.3) is 5.91 Å². The van der Waals surface area contributed by atoms with E-state index in [4.69, 9.17) is 21.1 Å². The predicted molar refractivity (Wildman–Crippen MR) is 88.5 cm³/mol. The number of amides is 1. The summed E-state index contributed by atoms with van der Waals surface area (Å²) < 4.78 is 49.7. The van der Waals surface area contributed by atoms with E-state index in [0.717, 1.165) is 4.90 Å². The first-order valence-corrected chi connectivity index (χ1v) is 8.29. The monoisotopic (exact) mass is 379 g/mol. The maximum Gasteiger partial charge on any atom is 0.406 e. The topological polar surface area (TPSA) is 38.8 Å². The third-order valence-electron chi connectivity index (χ3n) is 3.37. The molecule has 0 bridgehead atoms. The van der Waals surface area contributed by atoms with Gasteiger partial charge < -0.3 is 14.4 Å². The molecule has 0 unspecified atom stereocenters. The van der Waals surface area contributed by atoms with Crippen LogP contribution in [0.5, 0.6) is 11.5 Å². The van der Waals surface area contributed by atoms with Gasteiger partial charge in [-0.15, -0.1) is 0 Å². The van der Waals surface area contributed by atoms with E-state index in [1.165, 1.54) is 12.1 Å². The zero-order valence-electron chi connectivity index (χ0n) is 14.4. The van der Waals surface area contributed by atoms with Crippen molar-refractivity contribution in [3.8, 4) is 11.5 Å². The Balaban J connectivity index is 2.34. The third kappa shape index (κ3) is 5.70. The highest BCUT2D eigenvalue weighted by Gasteiger charge is 2.35. The van der Waals surface area contributed by atoms with Gasteiger partial charge in [0, 0.05) is 18.5 Å². The van der Waals surface area contributed by atoms with E-state index < -0.39 is 24.0 Å². The lowest BCUT2D eigenvalue weighted by Crippen LogP contribution is -2.43. The Labute approximate surface area is 149 Å². The first-order chi connectivity index (χ1) is 11.5. The molecule has 8 heteroatoms. The third-order valence-corrected chi connectivity index (χ3v) is 3.65. The van der Waals surface area contributed by atoms with Crippen LogP contribution in [0.1, 0.15) is 37.6 Å². The lowest BCUT2D eigenvalue weighted by atomic mass is 9.95. The average Bonchev–Trinajstić information content (AvgIpc) is 2.68. The van der Waals surface area contributed by atoms with Crippen LogP contribution in [0.3, 0.4) is 0 Å².